The molecule has 0 heterocycles. The van der Waals surface area contributed by atoms with E-state index in [-0.39, 0.29) is 0 Å². The Morgan fingerprint density at radius 3 is 1.55 bits per heavy atom. The number of hydrogen-bond donors (Lipinski definition) is 0. The van der Waals surface area contributed by atoms with E-state index in [4.69, 9.17) is 0 Å². The molecule has 0 aromatic rings. The minimum Gasteiger partial charge on any atom is -0.300 e. The minimum absolute atomic E-state index is 1.09. The maximum atomic E-state index is 11.6. The topological polar surface area (TPSA) is 17.1 Å². The Morgan fingerprint density at radius 1 is 1.09 bits per heavy atom. The first-order valence-corrected chi connectivity index (χ1v) is 2.27. The van der Waals surface area contributed by atoms with Gasteiger partial charge in [0.1, 0.15) is 0 Å². The summed E-state index contributed by atoms with van der Waals surface area (Å²) in [6.45, 7) is 0. The number of hydrogen-bond acceptors (Lipinski definition) is 1. The number of halogens is 6. The second-order valence-electron chi connectivity index (χ2n) is 1.66. The predicted octanol–water partition coefficient (Wildman–Crippen LogP) is 1.72. The van der Waals surface area contributed by atoms with Crippen LogP contribution in [0.25, 0.3) is 0 Å². The van der Waals surface area contributed by atoms with Gasteiger partial charge in [0.05, 0.1) is 0 Å². The lowest BCUT2D eigenvalue weighted by Gasteiger charge is -2.19. The molecule has 0 saturated heterocycles. The lowest BCUT2D eigenvalue weighted by atomic mass is 10.2. The van der Waals surface area contributed by atoms with E-state index >= 15 is 0 Å². The Balaban J connectivity index is 4.58. The molecule has 0 aliphatic rings. The molecular weight excluding hydrogens is 178 g/mol. The standard InChI is InChI=1S/C4H2F6O/c5-2(1-11)3(6,7)4(8,9)10/h1-2H. The van der Waals surface area contributed by atoms with Crippen LogP contribution in [0.15, 0.2) is 0 Å². The zero-order valence-corrected chi connectivity index (χ0v) is 4.83. The van der Waals surface area contributed by atoms with Gasteiger partial charge < -0.3 is 0 Å². The van der Waals surface area contributed by atoms with Crippen molar-refractivity contribution >= 4 is 6.29 Å². The van der Waals surface area contributed by atoms with Gasteiger partial charge in [-0.3, -0.25) is 4.79 Å². The largest absolute Gasteiger partial charge is 0.456 e. The summed E-state index contributed by atoms with van der Waals surface area (Å²) in [6.07, 6.45) is -10.9. The summed E-state index contributed by atoms with van der Waals surface area (Å²) >= 11 is 0. The minimum atomic E-state index is -6.02. The highest BCUT2D eigenvalue weighted by atomic mass is 19.4. The summed E-state index contributed by atoms with van der Waals surface area (Å²) in [7, 11) is 0. The van der Waals surface area contributed by atoms with Crippen molar-refractivity contribution in [2.45, 2.75) is 18.3 Å². The molecule has 0 rings (SSSR count). The summed E-state index contributed by atoms with van der Waals surface area (Å²) < 4.78 is 68.1. The molecule has 1 atom stereocenters. The van der Waals surface area contributed by atoms with E-state index in [9.17, 15) is 31.1 Å². The number of alkyl halides is 6. The summed E-state index contributed by atoms with van der Waals surface area (Å²) in [5.41, 5.74) is 0. The van der Waals surface area contributed by atoms with E-state index in [0.29, 0.717) is 0 Å². The van der Waals surface area contributed by atoms with E-state index in [0.717, 1.165) is 0 Å². The van der Waals surface area contributed by atoms with Crippen LogP contribution in [0.5, 0.6) is 0 Å². The first kappa shape index (κ1) is 10.2. The molecule has 0 fully saturated rings. The Hall–Kier alpha value is -0.750. The van der Waals surface area contributed by atoms with Crippen molar-refractivity contribution in [2.24, 2.45) is 0 Å². The lowest BCUT2D eigenvalue weighted by Crippen LogP contribution is -2.45. The number of aldehydes is 1. The van der Waals surface area contributed by atoms with E-state index in [1.807, 2.05) is 0 Å². The Morgan fingerprint density at radius 2 is 1.45 bits per heavy atom. The molecule has 66 valence electrons. The Bertz CT molecular complexity index is 149. The fourth-order valence-corrected chi connectivity index (χ4v) is 0.242. The van der Waals surface area contributed by atoms with Gasteiger partial charge in [-0.25, -0.2) is 4.39 Å². The van der Waals surface area contributed by atoms with Gasteiger partial charge in [0, 0.05) is 0 Å². The fraction of sp³-hybridized carbons (Fsp3) is 0.750. The van der Waals surface area contributed by atoms with Crippen molar-refractivity contribution in [3.05, 3.63) is 0 Å². The molecule has 0 bridgehead atoms. The number of carbonyl (C=O) groups excluding carboxylic acids is 1. The van der Waals surface area contributed by atoms with Gasteiger partial charge in [0.25, 0.3) is 0 Å². The highest BCUT2D eigenvalue weighted by Crippen LogP contribution is 2.38. The van der Waals surface area contributed by atoms with E-state index in [1.165, 1.54) is 0 Å². The van der Waals surface area contributed by atoms with E-state index < -0.39 is 24.6 Å². The molecule has 1 nitrogen and oxygen atoms in total. The van der Waals surface area contributed by atoms with Crippen LogP contribution < -0.4 is 0 Å². The van der Waals surface area contributed by atoms with Gasteiger partial charge in [-0.1, -0.05) is 0 Å². The molecule has 11 heavy (non-hydrogen) atoms. The van der Waals surface area contributed by atoms with Crippen LogP contribution in [0.2, 0.25) is 0 Å². The SMILES string of the molecule is O=CC(F)C(F)(F)C(F)(F)F. The summed E-state index contributed by atoms with van der Waals surface area (Å²) in [5, 5.41) is 0. The second-order valence-corrected chi connectivity index (χ2v) is 1.66. The van der Waals surface area contributed by atoms with Gasteiger partial charge >= 0.3 is 12.1 Å². The van der Waals surface area contributed by atoms with Crippen molar-refractivity contribution < 1.29 is 31.1 Å². The maximum absolute atomic E-state index is 11.6. The molecular formula is C4H2F6O. The molecule has 0 aliphatic heterocycles. The van der Waals surface area contributed by atoms with Crippen LogP contribution in [0.1, 0.15) is 0 Å². The fourth-order valence-electron chi connectivity index (χ4n) is 0.242. The molecule has 0 spiro atoms. The first-order chi connectivity index (χ1) is 4.73. The second kappa shape index (κ2) is 2.71. The van der Waals surface area contributed by atoms with Crippen LogP contribution >= 0.6 is 0 Å². The molecule has 0 radical (unpaired) electrons. The highest BCUT2D eigenvalue weighted by Gasteiger charge is 2.63. The molecule has 0 aromatic heterocycles. The first-order valence-electron chi connectivity index (χ1n) is 2.27. The summed E-state index contributed by atoms with van der Waals surface area (Å²) in [6, 6.07) is 0. The molecule has 0 saturated carbocycles. The summed E-state index contributed by atoms with van der Waals surface area (Å²) in [4.78, 5) is 9.24. The Labute approximate surface area is 57.0 Å². The van der Waals surface area contributed by atoms with Gasteiger partial charge in [-0.15, -0.1) is 0 Å². The molecule has 0 aliphatic carbocycles. The van der Waals surface area contributed by atoms with Crippen LogP contribution in [0.3, 0.4) is 0 Å². The summed E-state index contributed by atoms with van der Waals surface area (Å²) in [5.74, 6) is -5.59. The van der Waals surface area contributed by atoms with Crippen LogP contribution in [0, 0.1) is 0 Å². The quantitative estimate of drug-likeness (QED) is 0.467. The van der Waals surface area contributed by atoms with Crippen LogP contribution in [-0.2, 0) is 4.79 Å². The third kappa shape index (κ3) is 1.84. The molecule has 1 unspecified atom stereocenters. The van der Waals surface area contributed by atoms with Crippen LogP contribution in [0.4, 0.5) is 26.3 Å². The third-order valence-corrected chi connectivity index (χ3v) is 0.844. The molecule has 0 amide bonds. The number of carbonyl (C=O) groups is 1. The molecule has 0 N–H and O–H groups in total. The van der Waals surface area contributed by atoms with E-state index in [2.05, 4.69) is 0 Å². The van der Waals surface area contributed by atoms with Gasteiger partial charge in [0.2, 0.25) is 6.17 Å². The zero-order chi connectivity index (χ0) is 9.28. The average molecular weight is 180 g/mol. The van der Waals surface area contributed by atoms with Crippen molar-refractivity contribution in [1.82, 2.24) is 0 Å². The monoisotopic (exact) mass is 180 g/mol. The zero-order valence-electron chi connectivity index (χ0n) is 4.83. The van der Waals surface area contributed by atoms with Gasteiger partial charge in [-0.2, -0.15) is 22.0 Å². The van der Waals surface area contributed by atoms with E-state index in [1.54, 1.807) is 0 Å². The van der Waals surface area contributed by atoms with Gasteiger partial charge in [-0.05, 0) is 0 Å². The third-order valence-electron chi connectivity index (χ3n) is 0.844. The maximum Gasteiger partial charge on any atom is 0.456 e. The Kier molecular flexibility index (Phi) is 2.52. The molecule has 7 heteroatoms. The normalized spacial score (nSPS) is 16.2. The van der Waals surface area contributed by atoms with Crippen molar-refractivity contribution in [3.63, 3.8) is 0 Å². The average Bonchev–Trinajstić information content (AvgIpc) is 1.83. The number of rotatable bonds is 2. The van der Waals surface area contributed by atoms with Crippen LogP contribution in [-0.4, -0.2) is 24.6 Å². The van der Waals surface area contributed by atoms with Crippen molar-refractivity contribution in [2.75, 3.05) is 0 Å². The van der Waals surface area contributed by atoms with Crippen molar-refractivity contribution in [3.8, 4) is 0 Å². The predicted molar refractivity (Wildman–Crippen MR) is 22.0 cm³/mol. The molecule has 0 aromatic carbocycles. The lowest BCUT2D eigenvalue weighted by molar-refractivity contribution is -0.297. The van der Waals surface area contributed by atoms with Crippen molar-refractivity contribution in [1.29, 1.82) is 0 Å². The van der Waals surface area contributed by atoms with Gasteiger partial charge in [0.15, 0.2) is 6.29 Å². The smallest absolute Gasteiger partial charge is 0.300 e. The highest BCUT2D eigenvalue weighted by molar-refractivity contribution is 5.57.